The molecule has 0 radical (unpaired) electrons. The number of hydrogen-bond acceptors (Lipinski definition) is 3. The van der Waals surface area contributed by atoms with Gasteiger partial charge in [-0.15, -0.1) is 0 Å². The van der Waals surface area contributed by atoms with Gasteiger partial charge in [0.05, 0.1) is 19.8 Å². The van der Waals surface area contributed by atoms with Crippen molar-refractivity contribution >= 4 is 11.9 Å². The summed E-state index contributed by atoms with van der Waals surface area (Å²) in [6.45, 7) is 8.15. The van der Waals surface area contributed by atoms with Crippen LogP contribution in [-0.2, 0) is 11.2 Å². The molecule has 1 fully saturated rings. The smallest absolute Gasteiger partial charge is 0.251 e. The molecule has 3 N–H and O–H groups in total. The van der Waals surface area contributed by atoms with E-state index < -0.39 is 0 Å². The molecule has 0 saturated carbocycles. The number of amides is 1. The molecule has 1 saturated heterocycles. The lowest BCUT2D eigenvalue weighted by Crippen LogP contribution is -2.44. The van der Waals surface area contributed by atoms with Crippen LogP contribution in [0.15, 0.2) is 29.3 Å². The van der Waals surface area contributed by atoms with Gasteiger partial charge in [-0.05, 0) is 31.0 Å². The monoisotopic (exact) mass is 332 g/mol. The van der Waals surface area contributed by atoms with E-state index in [1.165, 1.54) is 0 Å². The van der Waals surface area contributed by atoms with Gasteiger partial charge in [0.15, 0.2) is 5.96 Å². The van der Waals surface area contributed by atoms with Crippen LogP contribution in [0.1, 0.15) is 29.8 Å². The van der Waals surface area contributed by atoms with E-state index >= 15 is 0 Å². The first-order valence-corrected chi connectivity index (χ1v) is 8.47. The molecule has 0 spiro atoms. The molecule has 1 heterocycles. The van der Waals surface area contributed by atoms with Gasteiger partial charge in [0.2, 0.25) is 0 Å². The van der Waals surface area contributed by atoms with Gasteiger partial charge in [-0.2, -0.15) is 0 Å². The molecule has 1 aliphatic rings. The lowest BCUT2D eigenvalue weighted by Gasteiger charge is -2.36. The van der Waals surface area contributed by atoms with Gasteiger partial charge in [0.1, 0.15) is 0 Å². The average molecular weight is 332 g/mol. The SMILES string of the molecule is CCNC(=NCC1(C)COC1)NCCc1cccc(C(=O)NC)c1. The van der Waals surface area contributed by atoms with Crippen molar-refractivity contribution in [3.05, 3.63) is 35.4 Å². The lowest BCUT2D eigenvalue weighted by atomic mass is 9.89. The molecule has 0 aromatic heterocycles. The number of nitrogens with one attached hydrogen (secondary N) is 3. The van der Waals surface area contributed by atoms with Gasteiger partial charge in [0, 0.05) is 31.1 Å². The average Bonchev–Trinajstić information content (AvgIpc) is 2.57. The molecule has 1 aliphatic heterocycles. The van der Waals surface area contributed by atoms with Crippen LogP contribution in [0.25, 0.3) is 0 Å². The molecule has 6 heteroatoms. The zero-order valence-electron chi connectivity index (χ0n) is 14.8. The van der Waals surface area contributed by atoms with E-state index in [1.54, 1.807) is 7.05 Å². The summed E-state index contributed by atoms with van der Waals surface area (Å²) in [6.07, 6.45) is 0.829. The van der Waals surface area contributed by atoms with E-state index in [-0.39, 0.29) is 11.3 Å². The summed E-state index contributed by atoms with van der Waals surface area (Å²) in [5.74, 6) is 0.767. The Balaban J connectivity index is 1.86. The molecule has 0 atom stereocenters. The number of ether oxygens (including phenoxy) is 1. The summed E-state index contributed by atoms with van der Waals surface area (Å²) in [5, 5.41) is 9.26. The molecule has 132 valence electrons. The van der Waals surface area contributed by atoms with Crippen LogP contribution in [0, 0.1) is 5.41 Å². The first kappa shape index (κ1) is 18.3. The normalized spacial score (nSPS) is 16.2. The van der Waals surface area contributed by atoms with E-state index in [0.29, 0.717) is 5.56 Å². The van der Waals surface area contributed by atoms with E-state index in [1.807, 2.05) is 24.3 Å². The largest absolute Gasteiger partial charge is 0.380 e. The number of nitrogens with zero attached hydrogens (tertiary/aromatic N) is 1. The number of aliphatic imine (C=N–C) groups is 1. The van der Waals surface area contributed by atoms with Crippen molar-refractivity contribution < 1.29 is 9.53 Å². The van der Waals surface area contributed by atoms with Crippen molar-refractivity contribution in [1.82, 2.24) is 16.0 Å². The highest BCUT2D eigenvalue weighted by atomic mass is 16.5. The van der Waals surface area contributed by atoms with Crippen LogP contribution in [0.5, 0.6) is 0 Å². The number of carbonyl (C=O) groups excluding carboxylic acids is 1. The fourth-order valence-corrected chi connectivity index (χ4v) is 2.49. The maximum atomic E-state index is 11.7. The van der Waals surface area contributed by atoms with E-state index in [0.717, 1.165) is 50.8 Å². The van der Waals surface area contributed by atoms with Crippen LogP contribution in [-0.4, -0.2) is 51.8 Å². The highest BCUT2D eigenvalue weighted by Gasteiger charge is 2.33. The van der Waals surface area contributed by atoms with Gasteiger partial charge < -0.3 is 20.7 Å². The number of guanidine groups is 1. The van der Waals surface area contributed by atoms with E-state index in [2.05, 4.69) is 34.8 Å². The van der Waals surface area contributed by atoms with Crippen molar-refractivity contribution in [3.63, 3.8) is 0 Å². The molecule has 6 nitrogen and oxygen atoms in total. The number of benzene rings is 1. The van der Waals surface area contributed by atoms with Gasteiger partial charge in [-0.1, -0.05) is 19.1 Å². The third-order valence-corrected chi connectivity index (χ3v) is 3.99. The second-order valence-electron chi connectivity index (χ2n) is 6.45. The summed E-state index contributed by atoms with van der Waals surface area (Å²) in [4.78, 5) is 16.3. The zero-order chi connectivity index (χ0) is 17.4. The van der Waals surface area contributed by atoms with Crippen LogP contribution in [0.2, 0.25) is 0 Å². The first-order valence-electron chi connectivity index (χ1n) is 8.47. The molecule has 2 rings (SSSR count). The Labute approximate surface area is 144 Å². The Morgan fingerprint density at radius 2 is 2.12 bits per heavy atom. The fraction of sp³-hybridized carbons (Fsp3) is 0.556. The highest BCUT2D eigenvalue weighted by Crippen LogP contribution is 2.26. The van der Waals surface area contributed by atoms with E-state index in [4.69, 9.17) is 4.74 Å². The quantitative estimate of drug-likeness (QED) is 0.518. The molecule has 1 aromatic carbocycles. The fourth-order valence-electron chi connectivity index (χ4n) is 2.49. The van der Waals surface area contributed by atoms with Crippen LogP contribution < -0.4 is 16.0 Å². The minimum atomic E-state index is -0.0596. The molecule has 24 heavy (non-hydrogen) atoms. The predicted octanol–water partition coefficient (Wildman–Crippen LogP) is 1.18. The second kappa shape index (κ2) is 8.68. The van der Waals surface area contributed by atoms with Crippen molar-refractivity contribution in [3.8, 4) is 0 Å². The third kappa shape index (κ3) is 5.23. The van der Waals surface area contributed by atoms with Crippen LogP contribution in [0.4, 0.5) is 0 Å². The summed E-state index contributed by atoms with van der Waals surface area (Å²) in [7, 11) is 1.64. The van der Waals surface area contributed by atoms with Gasteiger partial charge in [-0.3, -0.25) is 9.79 Å². The van der Waals surface area contributed by atoms with Crippen molar-refractivity contribution in [2.75, 3.05) is 39.9 Å². The Morgan fingerprint density at radius 3 is 2.75 bits per heavy atom. The van der Waals surface area contributed by atoms with Gasteiger partial charge in [0.25, 0.3) is 5.91 Å². The molecule has 1 aromatic rings. The lowest BCUT2D eigenvalue weighted by molar-refractivity contribution is -0.0945. The standard InChI is InChI=1S/C18H28N4O2/c1-4-20-17(22-11-18(2)12-24-13-18)21-9-8-14-6-5-7-15(10-14)16(23)19-3/h5-7,10H,4,8-9,11-13H2,1-3H3,(H,19,23)(H2,20,21,22). The zero-order valence-corrected chi connectivity index (χ0v) is 14.8. The van der Waals surface area contributed by atoms with Crippen molar-refractivity contribution in [2.24, 2.45) is 10.4 Å². The van der Waals surface area contributed by atoms with Crippen LogP contribution in [0.3, 0.4) is 0 Å². The molecule has 0 aliphatic carbocycles. The third-order valence-electron chi connectivity index (χ3n) is 3.99. The highest BCUT2D eigenvalue weighted by molar-refractivity contribution is 5.94. The Kier molecular flexibility index (Phi) is 6.61. The Bertz CT molecular complexity index is 582. The maximum Gasteiger partial charge on any atom is 0.251 e. The minimum Gasteiger partial charge on any atom is -0.380 e. The number of carbonyl (C=O) groups is 1. The number of rotatable bonds is 7. The topological polar surface area (TPSA) is 74.8 Å². The molecule has 0 bridgehead atoms. The molecule has 1 amide bonds. The van der Waals surface area contributed by atoms with Gasteiger partial charge >= 0.3 is 0 Å². The molecule has 0 unspecified atom stereocenters. The number of hydrogen-bond donors (Lipinski definition) is 3. The minimum absolute atomic E-state index is 0.0596. The summed E-state index contributed by atoms with van der Waals surface area (Å²) < 4.78 is 5.27. The summed E-state index contributed by atoms with van der Waals surface area (Å²) >= 11 is 0. The second-order valence-corrected chi connectivity index (χ2v) is 6.45. The summed E-state index contributed by atoms with van der Waals surface area (Å²) in [5.41, 5.74) is 1.98. The summed E-state index contributed by atoms with van der Waals surface area (Å²) in [6, 6.07) is 7.70. The van der Waals surface area contributed by atoms with Gasteiger partial charge in [-0.25, -0.2) is 0 Å². The maximum absolute atomic E-state index is 11.7. The Hall–Kier alpha value is -2.08. The first-order chi connectivity index (χ1) is 11.6. The van der Waals surface area contributed by atoms with Crippen molar-refractivity contribution in [1.29, 1.82) is 0 Å². The van der Waals surface area contributed by atoms with E-state index in [9.17, 15) is 4.79 Å². The Morgan fingerprint density at radius 1 is 1.33 bits per heavy atom. The van der Waals surface area contributed by atoms with Crippen LogP contribution >= 0.6 is 0 Å². The molecular weight excluding hydrogens is 304 g/mol. The predicted molar refractivity (Wildman–Crippen MR) is 96.4 cm³/mol. The van der Waals surface area contributed by atoms with Crippen molar-refractivity contribution in [2.45, 2.75) is 20.3 Å². The molecular formula is C18H28N4O2.